The summed E-state index contributed by atoms with van der Waals surface area (Å²) in [5.41, 5.74) is 4.72. The highest BCUT2D eigenvalue weighted by molar-refractivity contribution is 7.14. The van der Waals surface area contributed by atoms with Crippen molar-refractivity contribution in [3.05, 3.63) is 53.7 Å². The maximum atomic E-state index is 13.5. The average Bonchev–Trinajstić information content (AvgIpc) is 3.41. The second-order valence-electron chi connectivity index (χ2n) is 10.3. The number of anilines is 3. The lowest BCUT2D eigenvalue weighted by Crippen LogP contribution is -2.50. The van der Waals surface area contributed by atoms with Crippen LogP contribution >= 0.6 is 11.3 Å². The number of hydrogen-bond donors (Lipinski definition) is 3. The fraction of sp³-hybridized carbons (Fsp3) is 0.483. The van der Waals surface area contributed by atoms with Crippen molar-refractivity contribution in [2.75, 3.05) is 17.3 Å². The number of thiazole rings is 1. The molecule has 2 fully saturated rings. The molecule has 3 N–H and O–H groups in total. The zero-order chi connectivity index (χ0) is 25.5. The van der Waals surface area contributed by atoms with E-state index in [-0.39, 0.29) is 6.03 Å². The summed E-state index contributed by atoms with van der Waals surface area (Å²) < 4.78 is 0. The number of carbonyl (C=O) groups excluding carboxylic acids is 1. The third-order valence-corrected chi connectivity index (χ3v) is 8.38. The van der Waals surface area contributed by atoms with E-state index in [2.05, 4.69) is 27.9 Å². The van der Waals surface area contributed by atoms with Crippen LogP contribution < -0.4 is 16.0 Å². The summed E-state index contributed by atoms with van der Waals surface area (Å²) in [6.07, 6.45) is 15.8. The van der Waals surface area contributed by atoms with E-state index >= 15 is 0 Å². The number of aryl methyl sites for hydroxylation is 1. The van der Waals surface area contributed by atoms with Gasteiger partial charge in [-0.15, -0.1) is 11.3 Å². The van der Waals surface area contributed by atoms with E-state index in [9.17, 15) is 4.79 Å². The van der Waals surface area contributed by atoms with Gasteiger partial charge in [-0.25, -0.2) is 9.78 Å². The van der Waals surface area contributed by atoms with Crippen molar-refractivity contribution in [1.29, 1.82) is 0 Å². The number of nitrogens with zero attached hydrogens (tertiary/aromatic N) is 3. The van der Waals surface area contributed by atoms with Gasteiger partial charge >= 0.3 is 6.03 Å². The molecule has 2 saturated carbocycles. The van der Waals surface area contributed by atoms with Crippen LogP contribution in [0.1, 0.15) is 69.8 Å². The van der Waals surface area contributed by atoms with Gasteiger partial charge in [-0.3, -0.25) is 10.3 Å². The fourth-order valence-electron chi connectivity index (χ4n) is 5.42. The van der Waals surface area contributed by atoms with Gasteiger partial charge in [-0.2, -0.15) is 0 Å². The molecule has 2 aliphatic carbocycles. The molecule has 0 atom stereocenters. The van der Waals surface area contributed by atoms with Crippen LogP contribution in [0.4, 0.5) is 21.3 Å². The van der Waals surface area contributed by atoms with E-state index in [1.54, 1.807) is 17.5 Å². The smallest absolute Gasteiger partial charge is 0.323 e. The molecule has 0 bridgehead atoms. The lowest BCUT2D eigenvalue weighted by Gasteiger charge is -2.36. The summed E-state index contributed by atoms with van der Waals surface area (Å²) in [4.78, 5) is 24.5. The Morgan fingerprint density at radius 3 is 2.59 bits per heavy atom. The molecule has 2 amide bonds. The molecule has 0 unspecified atom stereocenters. The van der Waals surface area contributed by atoms with Gasteiger partial charge in [-0.1, -0.05) is 44.6 Å². The van der Waals surface area contributed by atoms with Crippen LogP contribution in [0.5, 0.6) is 0 Å². The van der Waals surface area contributed by atoms with Crippen molar-refractivity contribution in [1.82, 2.24) is 20.2 Å². The first-order chi connectivity index (χ1) is 18.2. The maximum absolute atomic E-state index is 13.5. The van der Waals surface area contributed by atoms with Crippen LogP contribution in [0.2, 0.25) is 0 Å². The number of urea groups is 1. The van der Waals surface area contributed by atoms with E-state index in [4.69, 9.17) is 4.98 Å². The molecule has 0 spiro atoms. The minimum atomic E-state index is -0.0156. The summed E-state index contributed by atoms with van der Waals surface area (Å²) in [5.74, 6) is 0. The predicted molar refractivity (Wildman–Crippen MR) is 152 cm³/mol. The lowest BCUT2D eigenvalue weighted by molar-refractivity contribution is 0.153. The Morgan fingerprint density at radius 1 is 1.05 bits per heavy atom. The highest BCUT2D eigenvalue weighted by Crippen LogP contribution is 2.30. The van der Waals surface area contributed by atoms with Gasteiger partial charge in [0.05, 0.1) is 12.4 Å². The lowest BCUT2D eigenvalue weighted by atomic mass is 9.94. The van der Waals surface area contributed by atoms with E-state index in [1.807, 2.05) is 46.8 Å². The van der Waals surface area contributed by atoms with Crippen molar-refractivity contribution >= 4 is 33.9 Å². The number of nitrogens with one attached hydrogen (secondary N) is 3. The van der Waals surface area contributed by atoms with E-state index < -0.39 is 0 Å². The number of amides is 2. The van der Waals surface area contributed by atoms with Crippen LogP contribution in [0, 0.1) is 6.92 Å². The van der Waals surface area contributed by atoms with Gasteiger partial charge < -0.3 is 15.5 Å². The Kier molecular flexibility index (Phi) is 8.68. The van der Waals surface area contributed by atoms with E-state index in [0.717, 1.165) is 46.2 Å². The molecular weight excluding hydrogens is 480 g/mol. The van der Waals surface area contributed by atoms with Gasteiger partial charge in [0.25, 0.3) is 0 Å². The number of pyridine rings is 1. The second kappa shape index (κ2) is 12.5. The van der Waals surface area contributed by atoms with Crippen LogP contribution in [-0.4, -0.2) is 39.7 Å². The second-order valence-corrected chi connectivity index (χ2v) is 11.2. The molecule has 7 nitrogen and oxygen atoms in total. The third kappa shape index (κ3) is 6.87. The van der Waals surface area contributed by atoms with Crippen LogP contribution in [0.3, 0.4) is 0 Å². The number of carbonyl (C=O) groups is 1. The zero-order valence-corrected chi connectivity index (χ0v) is 22.5. The summed E-state index contributed by atoms with van der Waals surface area (Å²) in [5, 5.41) is 13.2. The van der Waals surface area contributed by atoms with Crippen LogP contribution in [0.25, 0.3) is 11.3 Å². The molecule has 2 heterocycles. The summed E-state index contributed by atoms with van der Waals surface area (Å²) in [6, 6.07) is 10.8. The van der Waals surface area contributed by atoms with E-state index in [1.165, 1.54) is 51.4 Å². The van der Waals surface area contributed by atoms with Gasteiger partial charge in [0.15, 0.2) is 5.13 Å². The Labute approximate surface area is 224 Å². The van der Waals surface area contributed by atoms with Crippen LogP contribution in [0.15, 0.2) is 48.1 Å². The largest absolute Gasteiger partial charge is 0.331 e. The average molecular weight is 519 g/mol. The van der Waals surface area contributed by atoms with Crippen LogP contribution in [-0.2, 0) is 0 Å². The fourth-order valence-corrected chi connectivity index (χ4v) is 6.15. The molecule has 5 rings (SSSR count). The highest BCUT2D eigenvalue weighted by Gasteiger charge is 2.26. The van der Waals surface area contributed by atoms with E-state index in [0.29, 0.717) is 18.8 Å². The van der Waals surface area contributed by atoms with Crippen molar-refractivity contribution in [2.24, 2.45) is 0 Å². The number of aromatic nitrogens is 2. The van der Waals surface area contributed by atoms with Crippen molar-refractivity contribution in [3.63, 3.8) is 0 Å². The highest BCUT2D eigenvalue weighted by atomic mass is 32.1. The Morgan fingerprint density at radius 2 is 1.84 bits per heavy atom. The third-order valence-electron chi connectivity index (χ3n) is 7.62. The Balaban J connectivity index is 1.26. The first-order valence-electron chi connectivity index (χ1n) is 13.7. The summed E-state index contributed by atoms with van der Waals surface area (Å²) in [7, 11) is 0. The Hall–Kier alpha value is -2.97. The molecule has 0 saturated heterocycles. The maximum Gasteiger partial charge on any atom is 0.323 e. The normalized spacial score (nSPS) is 16.9. The molecule has 1 aromatic carbocycles. The molecular formula is C29H38N6OS. The van der Waals surface area contributed by atoms with Crippen molar-refractivity contribution in [2.45, 2.75) is 83.2 Å². The van der Waals surface area contributed by atoms with Gasteiger partial charge in [0.2, 0.25) is 0 Å². The number of rotatable bonds is 8. The van der Waals surface area contributed by atoms with Crippen molar-refractivity contribution < 1.29 is 4.79 Å². The molecule has 0 aliphatic heterocycles. The SMILES string of the molecule is Cc1ccc(NC(=O)N(CNC2CCCCC2)C2CCCCC2)cc1Nc1nc(-c2cccnc2)cs1. The minimum absolute atomic E-state index is 0.0156. The van der Waals surface area contributed by atoms with Gasteiger partial charge in [0, 0.05) is 46.8 Å². The monoisotopic (exact) mass is 518 g/mol. The predicted octanol–water partition coefficient (Wildman–Crippen LogP) is 7.30. The first-order valence-corrected chi connectivity index (χ1v) is 14.6. The van der Waals surface area contributed by atoms with Gasteiger partial charge in [0.1, 0.15) is 0 Å². The minimum Gasteiger partial charge on any atom is -0.331 e. The standard InChI is InChI=1S/C29H38N6OS/c1-21-14-15-24(17-26(21)33-28-34-27(19-37-28)22-9-8-16-30-18-22)32-29(36)35(25-12-6-3-7-13-25)20-31-23-10-4-2-5-11-23/h8-9,14-19,23,25,31H,2-7,10-13,20H2,1H3,(H,32,36)(H,33,34). The molecule has 3 aromatic rings. The topological polar surface area (TPSA) is 82.2 Å². The number of benzene rings is 1. The Bertz CT molecular complexity index is 1150. The summed E-state index contributed by atoms with van der Waals surface area (Å²) >= 11 is 1.56. The molecule has 196 valence electrons. The number of hydrogen-bond acceptors (Lipinski definition) is 6. The molecule has 0 radical (unpaired) electrons. The first kappa shape index (κ1) is 25.7. The van der Waals surface area contributed by atoms with Gasteiger partial charge in [-0.05, 0) is 62.4 Å². The molecule has 37 heavy (non-hydrogen) atoms. The quantitative estimate of drug-likeness (QED) is 0.273. The van der Waals surface area contributed by atoms with Crippen molar-refractivity contribution in [3.8, 4) is 11.3 Å². The zero-order valence-electron chi connectivity index (χ0n) is 21.7. The molecule has 2 aromatic heterocycles. The summed E-state index contributed by atoms with van der Waals surface area (Å²) in [6.45, 7) is 2.68. The molecule has 8 heteroatoms. The molecule has 2 aliphatic rings.